The highest BCUT2D eigenvalue weighted by Gasteiger charge is 2.56. The number of anilines is 1. The van der Waals surface area contributed by atoms with Crippen LogP contribution < -0.4 is 10.1 Å². The van der Waals surface area contributed by atoms with Crippen LogP contribution in [0.5, 0.6) is 17.2 Å². The van der Waals surface area contributed by atoms with Crippen LogP contribution in [0.2, 0.25) is 0 Å². The molecule has 40 heavy (non-hydrogen) atoms. The van der Waals surface area contributed by atoms with E-state index in [0.717, 1.165) is 0 Å². The number of ketones is 3. The first-order valence-corrected chi connectivity index (χ1v) is 12.6. The van der Waals surface area contributed by atoms with E-state index >= 15 is 0 Å². The van der Waals surface area contributed by atoms with Crippen LogP contribution in [-0.2, 0) is 26.2 Å². The third-order valence-electron chi connectivity index (χ3n) is 7.43. The van der Waals surface area contributed by atoms with Gasteiger partial charge >= 0.3 is 5.97 Å². The predicted molar refractivity (Wildman–Crippen MR) is 144 cm³/mol. The van der Waals surface area contributed by atoms with Crippen LogP contribution >= 0.6 is 0 Å². The second-order valence-corrected chi connectivity index (χ2v) is 10.2. The topological polar surface area (TPSA) is 179 Å². The zero-order valence-electron chi connectivity index (χ0n) is 22.3. The molecule has 1 aromatic heterocycles. The number of fused-ring (bicyclic) bond motifs is 4. The van der Waals surface area contributed by atoms with E-state index in [-0.39, 0.29) is 51.6 Å². The number of Topliss-reactive ketones (excluding diaryl/α,β-unsaturated/α-hetero) is 2. The summed E-state index contributed by atoms with van der Waals surface area (Å²) < 4.78 is 5.79. The molecule has 0 bridgehead atoms. The van der Waals surface area contributed by atoms with E-state index in [1.54, 1.807) is 25.1 Å². The summed E-state index contributed by atoms with van der Waals surface area (Å²) in [7, 11) is 0. The summed E-state index contributed by atoms with van der Waals surface area (Å²) in [5.74, 6) is -2.99. The molecular weight excluding hydrogens is 518 g/mol. The Morgan fingerprint density at radius 3 is 2.55 bits per heavy atom. The molecule has 1 aliphatic heterocycles. The molecule has 3 aromatic rings. The van der Waals surface area contributed by atoms with E-state index in [4.69, 9.17) is 9.84 Å². The lowest BCUT2D eigenvalue weighted by Crippen LogP contribution is -2.40. The number of aromatic hydroxyl groups is 2. The minimum atomic E-state index is -1.60. The van der Waals surface area contributed by atoms with Crippen LogP contribution in [0, 0.1) is 6.92 Å². The van der Waals surface area contributed by atoms with E-state index in [1.807, 2.05) is 0 Å². The number of imidazole rings is 1. The number of carbonyl (C=O) groups excluding carboxylic acids is 3. The van der Waals surface area contributed by atoms with Gasteiger partial charge in [-0.1, -0.05) is 0 Å². The van der Waals surface area contributed by atoms with Gasteiger partial charge in [-0.3, -0.25) is 19.2 Å². The Hall–Kier alpha value is -4.93. The molecule has 11 nitrogen and oxygen atoms in total. The first-order chi connectivity index (χ1) is 18.8. The summed E-state index contributed by atoms with van der Waals surface area (Å²) in [6.07, 6.45) is 2.12. The summed E-state index contributed by atoms with van der Waals surface area (Å²) in [6.45, 7) is 5.75. The van der Waals surface area contributed by atoms with Crippen molar-refractivity contribution >= 4 is 40.0 Å². The number of H-pyrrole nitrogens is 1. The van der Waals surface area contributed by atoms with Crippen LogP contribution in [0.25, 0.3) is 11.0 Å². The third-order valence-corrected chi connectivity index (χ3v) is 7.43. The van der Waals surface area contributed by atoms with Crippen LogP contribution in [0.3, 0.4) is 0 Å². The maximum absolute atomic E-state index is 14.0. The van der Waals surface area contributed by atoms with Crippen LogP contribution in [0.1, 0.15) is 60.9 Å². The Morgan fingerprint density at radius 1 is 1.15 bits per heavy atom. The Bertz CT molecular complexity index is 1730. The van der Waals surface area contributed by atoms with Crippen molar-refractivity contribution in [2.75, 3.05) is 5.32 Å². The van der Waals surface area contributed by atoms with E-state index < -0.39 is 34.5 Å². The largest absolute Gasteiger partial charge is 0.507 e. The molecule has 0 amide bonds. The SMILES string of the molecule is CC(=O)c1c(O)c(C)c(O)c2c1OC1=CC(=O)C(=C(C)Nc3ccc4nc(CCCC(=O)O)[nH]c4c3)C(=O)[C@@]12C. The Morgan fingerprint density at radius 2 is 1.88 bits per heavy atom. The van der Waals surface area contributed by atoms with Crippen molar-refractivity contribution in [2.45, 2.75) is 52.4 Å². The van der Waals surface area contributed by atoms with Gasteiger partial charge in [-0.25, -0.2) is 4.98 Å². The fourth-order valence-electron chi connectivity index (χ4n) is 5.31. The number of aromatic nitrogens is 2. The molecule has 5 N–H and O–H groups in total. The number of nitrogens with one attached hydrogen (secondary N) is 2. The number of allylic oxidation sites excluding steroid dienone is 4. The van der Waals surface area contributed by atoms with Crippen LogP contribution in [0.15, 0.2) is 41.3 Å². The number of nitrogens with zero attached hydrogens (tertiary/aromatic N) is 1. The molecule has 5 rings (SSSR count). The van der Waals surface area contributed by atoms with Gasteiger partial charge in [0.2, 0.25) is 0 Å². The normalized spacial score (nSPS) is 19.1. The average molecular weight is 546 g/mol. The van der Waals surface area contributed by atoms with Gasteiger partial charge in [0.25, 0.3) is 0 Å². The maximum atomic E-state index is 14.0. The van der Waals surface area contributed by atoms with Crippen molar-refractivity contribution < 1.29 is 39.2 Å². The number of hydrogen-bond acceptors (Lipinski definition) is 9. The molecule has 0 saturated carbocycles. The second-order valence-electron chi connectivity index (χ2n) is 10.2. The van der Waals surface area contributed by atoms with Crippen LogP contribution in [0.4, 0.5) is 5.69 Å². The van der Waals surface area contributed by atoms with Gasteiger partial charge in [0.15, 0.2) is 17.3 Å². The molecule has 0 fully saturated rings. The Labute approximate surface area is 228 Å². The number of phenolic OH excluding ortho intramolecular Hbond substituents is 2. The number of benzene rings is 2. The molecule has 2 heterocycles. The number of carbonyl (C=O) groups is 4. The molecule has 1 atom stereocenters. The summed E-state index contributed by atoms with van der Waals surface area (Å²) in [6, 6.07) is 5.26. The molecule has 0 spiro atoms. The fourth-order valence-corrected chi connectivity index (χ4v) is 5.31. The summed E-state index contributed by atoms with van der Waals surface area (Å²) in [5.41, 5.74) is 0.346. The lowest BCUT2D eigenvalue weighted by molar-refractivity contribution is -0.137. The van der Waals surface area contributed by atoms with Gasteiger partial charge in [-0.2, -0.15) is 0 Å². The number of ether oxygens (including phenoxy) is 1. The molecule has 2 aromatic carbocycles. The highest BCUT2D eigenvalue weighted by Crippen LogP contribution is 2.57. The Kier molecular flexibility index (Phi) is 6.24. The number of phenols is 2. The smallest absolute Gasteiger partial charge is 0.303 e. The van der Waals surface area contributed by atoms with Crippen molar-refractivity contribution in [3.05, 3.63) is 63.8 Å². The van der Waals surface area contributed by atoms with Gasteiger partial charge in [-0.05, 0) is 52.3 Å². The van der Waals surface area contributed by atoms with Gasteiger partial charge in [-0.15, -0.1) is 0 Å². The highest BCUT2D eigenvalue weighted by atomic mass is 16.5. The molecule has 206 valence electrons. The molecule has 2 aliphatic rings. The van der Waals surface area contributed by atoms with Crippen molar-refractivity contribution in [1.29, 1.82) is 0 Å². The molecule has 11 heteroatoms. The number of aryl methyl sites for hydroxylation is 1. The van der Waals surface area contributed by atoms with E-state index in [0.29, 0.717) is 35.4 Å². The first-order valence-electron chi connectivity index (χ1n) is 12.6. The Balaban J connectivity index is 1.51. The zero-order chi connectivity index (χ0) is 29.1. The van der Waals surface area contributed by atoms with Crippen molar-refractivity contribution in [2.24, 2.45) is 0 Å². The van der Waals surface area contributed by atoms with Crippen LogP contribution in [-0.4, -0.2) is 48.6 Å². The van der Waals surface area contributed by atoms with E-state index in [2.05, 4.69) is 15.3 Å². The van der Waals surface area contributed by atoms with Gasteiger partial charge in [0.05, 0.1) is 22.2 Å². The van der Waals surface area contributed by atoms with E-state index in [1.165, 1.54) is 26.8 Å². The summed E-state index contributed by atoms with van der Waals surface area (Å²) >= 11 is 0. The highest BCUT2D eigenvalue weighted by molar-refractivity contribution is 6.31. The number of carboxylic acid groups (broad SMARTS) is 1. The lowest BCUT2D eigenvalue weighted by Gasteiger charge is -2.29. The maximum Gasteiger partial charge on any atom is 0.303 e. The molecule has 0 radical (unpaired) electrons. The van der Waals surface area contributed by atoms with Crippen molar-refractivity contribution in [3.8, 4) is 17.2 Å². The first kappa shape index (κ1) is 26.7. The van der Waals surface area contributed by atoms with Crippen molar-refractivity contribution in [1.82, 2.24) is 9.97 Å². The lowest BCUT2D eigenvalue weighted by atomic mass is 9.70. The molecule has 1 aliphatic carbocycles. The third kappa shape index (κ3) is 4.01. The number of hydrogen-bond donors (Lipinski definition) is 5. The monoisotopic (exact) mass is 545 g/mol. The average Bonchev–Trinajstić information content (AvgIpc) is 3.40. The predicted octanol–water partition coefficient (Wildman–Crippen LogP) is 3.96. The number of rotatable bonds is 7. The fraction of sp³-hybridized carbons (Fsp3) is 0.276. The summed E-state index contributed by atoms with van der Waals surface area (Å²) in [5, 5.41) is 33.4. The molecular formula is C29H27N3O8. The number of aliphatic carboxylic acids is 1. The molecule has 0 unspecified atom stereocenters. The van der Waals surface area contributed by atoms with Crippen molar-refractivity contribution in [3.63, 3.8) is 0 Å². The minimum absolute atomic E-state index is 0.0234. The summed E-state index contributed by atoms with van der Waals surface area (Å²) in [4.78, 5) is 57.9. The zero-order valence-corrected chi connectivity index (χ0v) is 22.3. The second kappa shape index (κ2) is 9.37. The van der Waals surface area contributed by atoms with Gasteiger partial charge in [0, 0.05) is 35.9 Å². The minimum Gasteiger partial charge on any atom is -0.507 e. The standard InChI is InChI=1S/C29H27N3O8/c1-12-25(37)23(14(3)33)27-24(26(12)38)29(4)19(40-27)11-18(34)22(28(29)39)13(2)30-15-8-9-16-17(10-15)32-20(31-16)6-5-7-21(35)36/h8-11,30,37-38H,5-7H2,1-4H3,(H,31,32)(H,35,36)/t29-/m0/s1. The molecule has 0 saturated heterocycles. The van der Waals surface area contributed by atoms with Gasteiger partial charge < -0.3 is 30.4 Å². The number of aromatic amines is 1. The quantitative estimate of drug-likeness (QED) is 0.166. The van der Waals surface area contributed by atoms with Gasteiger partial charge in [0.1, 0.15) is 39.8 Å². The van der Waals surface area contributed by atoms with E-state index in [9.17, 15) is 29.4 Å². The number of carboxylic acids is 1.